The van der Waals surface area contributed by atoms with Crippen LogP contribution in [0.4, 0.5) is 0 Å². The van der Waals surface area contributed by atoms with Crippen molar-refractivity contribution < 1.29 is 44.3 Å². The van der Waals surface area contributed by atoms with Crippen LogP contribution in [0.2, 0.25) is 0 Å². The Bertz CT molecular complexity index is 168. The number of carbonyl (C=O) groups is 1. The van der Waals surface area contributed by atoms with Gasteiger partial charge in [-0.1, -0.05) is 64.7 Å². The van der Waals surface area contributed by atoms with Gasteiger partial charge in [0.1, 0.15) is 0 Å². The third kappa shape index (κ3) is 36.0. The van der Waals surface area contributed by atoms with E-state index in [0.29, 0.717) is 6.42 Å². The maximum atomic E-state index is 9.89. The first-order chi connectivity index (χ1) is 8.15. The maximum Gasteiger partial charge on any atom is 1.00 e. The van der Waals surface area contributed by atoms with Crippen LogP contribution in [0, 0.1) is 0 Å². The molecular formula is C14H27NaO3. The van der Waals surface area contributed by atoms with Gasteiger partial charge in [-0.25, -0.2) is 0 Å². The summed E-state index contributed by atoms with van der Waals surface area (Å²) in [7, 11) is 0. The Labute approximate surface area is 134 Å². The molecule has 0 saturated heterocycles. The zero-order valence-electron chi connectivity index (χ0n) is 12.3. The van der Waals surface area contributed by atoms with Crippen molar-refractivity contribution in [2.45, 2.75) is 78.1 Å². The Morgan fingerprint density at radius 3 is 1.61 bits per heavy atom. The molecule has 0 atom stereocenters. The van der Waals surface area contributed by atoms with Crippen molar-refractivity contribution in [3.63, 3.8) is 0 Å². The quantitative estimate of drug-likeness (QED) is 0.366. The summed E-state index contributed by atoms with van der Waals surface area (Å²) in [5, 5.41) is 7.42. The number of aliphatic carboxylic acids is 1. The van der Waals surface area contributed by atoms with E-state index in [1.807, 2.05) is 6.29 Å². The number of hydrogen-bond acceptors (Lipinski definition) is 2. The topological polar surface area (TPSA) is 54.4 Å². The van der Waals surface area contributed by atoms with Crippen LogP contribution in [0.15, 0.2) is 0 Å². The first kappa shape index (κ1) is 23.2. The molecule has 1 N–H and O–H groups in total. The Balaban J connectivity index is -0.000000392. The van der Waals surface area contributed by atoms with E-state index in [9.17, 15) is 4.79 Å². The van der Waals surface area contributed by atoms with Gasteiger partial charge in [-0.3, -0.25) is 11.1 Å². The average molecular weight is 266 g/mol. The molecule has 0 unspecified atom stereocenters. The summed E-state index contributed by atoms with van der Waals surface area (Å²) >= 11 is 0. The van der Waals surface area contributed by atoms with E-state index >= 15 is 0 Å². The minimum Gasteiger partial charge on any atom is -0.542 e. The molecule has 0 aromatic rings. The van der Waals surface area contributed by atoms with Gasteiger partial charge in [0, 0.05) is 6.92 Å². The maximum absolute atomic E-state index is 9.89. The van der Waals surface area contributed by atoms with E-state index in [1.54, 1.807) is 0 Å². The smallest absolute Gasteiger partial charge is 0.542 e. The number of carboxylic acid groups (broad SMARTS) is 1. The molecular weight excluding hydrogens is 239 g/mol. The fourth-order valence-corrected chi connectivity index (χ4v) is 1.51. The molecule has 0 spiro atoms. The largest absolute Gasteiger partial charge is 1.00 e. The number of rotatable bonds is 10. The molecule has 0 heterocycles. The molecule has 0 radical (unpaired) electrons. The average Bonchev–Trinajstić information content (AvgIpc) is 2.26. The monoisotopic (exact) mass is 266 g/mol. The van der Waals surface area contributed by atoms with Gasteiger partial charge < -0.3 is 9.90 Å². The Hall–Kier alpha value is 0.140. The number of carbonyl (C=O) groups excluding carboxylic acids is 1. The van der Waals surface area contributed by atoms with Crippen molar-refractivity contribution in [3.8, 4) is 0 Å². The van der Waals surface area contributed by atoms with Crippen LogP contribution in [0.3, 0.4) is 0 Å². The number of carboxylic acids is 1. The number of hydrogen-bond donors (Lipinski definition) is 1. The molecule has 0 aromatic heterocycles. The summed E-state index contributed by atoms with van der Waals surface area (Å²) in [5.41, 5.74) is 0. The van der Waals surface area contributed by atoms with E-state index in [2.05, 4.69) is 6.92 Å². The van der Waals surface area contributed by atoms with Crippen molar-refractivity contribution >= 4 is 12.3 Å². The summed E-state index contributed by atoms with van der Waals surface area (Å²) in [6, 6.07) is 0. The van der Waals surface area contributed by atoms with Crippen molar-refractivity contribution in [2.75, 3.05) is 0 Å². The Morgan fingerprint density at radius 1 is 0.944 bits per heavy atom. The van der Waals surface area contributed by atoms with Crippen molar-refractivity contribution in [3.05, 3.63) is 0 Å². The van der Waals surface area contributed by atoms with E-state index in [-0.39, 0.29) is 29.6 Å². The van der Waals surface area contributed by atoms with Crippen LogP contribution < -0.4 is 29.6 Å². The zero-order valence-corrected chi connectivity index (χ0v) is 14.3. The second kappa shape index (κ2) is 22.3. The van der Waals surface area contributed by atoms with E-state index in [4.69, 9.17) is 9.90 Å². The second-order valence-corrected chi connectivity index (χ2v) is 4.24. The van der Waals surface area contributed by atoms with E-state index < -0.39 is 5.97 Å². The molecule has 102 valence electrons. The molecule has 0 aliphatic carbocycles. The normalized spacial score (nSPS) is 8.78. The van der Waals surface area contributed by atoms with Gasteiger partial charge in [-0.15, -0.1) is 0 Å². The van der Waals surface area contributed by atoms with Crippen molar-refractivity contribution in [1.82, 2.24) is 0 Å². The van der Waals surface area contributed by atoms with Gasteiger partial charge in [0.2, 0.25) is 0 Å². The van der Waals surface area contributed by atoms with Gasteiger partial charge in [0.25, 0.3) is 5.97 Å². The van der Waals surface area contributed by atoms with Gasteiger partial charge in [-0.2, -0.15) is 6.42 Å². The summed E-state index contributed by atoms with van der Waals surface area (Å²) < 4.78 is 0. The molecule has 0 amide bonds. The van der Waals surface area contributed by atoms with Crippen LogP contribution in [-0.4, -0.2) is 17.4 Å². The van der Waals surface area contributed by atoms with Gasteiger partial charge in [-0.05, 0) is 0 Å². The molecule has 0 rings (SSSR count). The molecule has 3 nitrogen and oxygen atoms in total. The molecule has 0 aromatic carbocycles. The van der Waals surface area contributed by atoms with Gasteiger partial charge >= 0.3 is 29.6 Å². The predicted molar refractivity (Wildman–Crippen MR) is 70.8 cm³/mol. The van der Waals surface area contributed by atoms with Crippen LogP contribution >= 0.6 is 0 Å². The van der Waals surface area contributed by atoms with Crippen molar-refractivity contribution in [1.29, 1.82) is 0 Å². The van der Waals surface area contributed by atoms with Gasteiger partial charge in [0.05, 0.1) is 0 Å². The Kier molecular flexibility index (Phi) is 28.8. The fourth-order valence-electron chi connectivity index (χ4n) is 1.51. The van der Waals surface area contributed by atoms with E-state index in [1.165, 1.54) is 51.4 Å². The van der Waals surface area contributed by atoms with Crippen molar-refractivity contribution in [2.24, 2.45) is 0 Å². The second-order valence-electron chi connectivity index (χ2n) is 4.24. The standard InChI is InChI=1S/C12H23O.C2H4O2.Na/c1-2-3-4-5-6-7-8-9-10-11-12-13;1-2(3)4;/h2-11H2,1H3;1H3,(H,3,4);/q-1;;+1. The molecule has 0 fully saturated rings. The molecule has 0 bridgehead atoms. The first-order valence-electron chi connectivity index (χ1n) is 6.69. The van der Waals surface area contributed by atoms with Gasteiger partial charge in [0.15, 0.2) is 0 Å². The molecule has 0 aliphatic rings. The van der Waals surface area contributed by atoms with Crippen LogP contribution in [0.25, 0.3) is 0 Å². The summed E-state index contributed by atoms with van der Waals surface area (Å²) in [6.45, 7) is 3.33. The Morgan fingerprint density at radius 2 is 1.28 bits per heavy atom. The predicted octanol–water partition coefficient (Wildman–Crippen LogP) is 1.11. The molecule has 0 saturated carbocycles. The first-order valence-corrected chi connectivity index (χ1v) is 6.69. The molecule has 0 aliphatic heterocycles. The fraction of sp³-hybridized carbons (Fsp3) is 0.857. The third-order valence-electron chi connectivity index (χ3n) is 2.38. The summed E-state index contributed by atoms with van der Waals surface area (Å²) in [4.78, 5) is 18.9. The number of unbranched alkanes of at least 4 members (excludes halogenated alkanes) is 9. The minimum absolute atomic E-state index is 0. The third-order valence-corrected chi connectivity index (χ3v) is 2.38. The molecule has 18 heavy (non-hydrogen) atoms. The van der Waals surface area contributed by atoms with Crippen LogP contribution in [0.5, 0.6) is 0 Å². The van der Waals surface area contributed by atoms with Crippen LogP contribution in [-0.2, 0) is 9.59 Å². The molecule has 4 heteroatoms. The summed E-state index contributed by atoms with van der Waals surface area (Å²) in [6.07, 6.45) is 14.4. The summed E-state index contributed by atoms with van der Waals surface area (Å²) in [5.74, 6) is -0.833. The van der Waals surface area contributed by atoms with E-state index in [0.717, 1.165) is 13.3 Å². The SMILES string of the molecule is CC(=O)O.CCCCCCCCCCC[C-]=O.[Na+]. The zero-order chi connectivity index (χ0) is 13.4. The minimum atomic E-state index is -0.833. The van der Waals surface area contributed by atoms with Crippen LogP contribution in [0.1, 0.15) is 78.1 Å².